The number of benzene rings is 2. The first-order valence-corrected chi connectivity index (χ1v) is 10.5. The molecular formula is C23H24F3N3O6. The number of methoxy groups -OCH3 is 3. The maximum Gasteiger partial charge on any atom is 0.416 e. The number of nitrogens with zero attached hydrogens (tertiary/aromatic N) is 3. The van der Waals surface area contributed by atoms with Gasteiger partial charge < -0.3 is 24.0 Å². The lowest BCUT2D eigenvalue weighted by molar-refractivity contribution is -0.384. The van der Waals surface area contributed by atoms with E-state index in [1.165, 1.54) is 27.4 Å². The Morgan fingerprint density at radius 3 is 2.11 bits per heavy atom. The van der Waals surface area contributed by atoms with Crippen molar-refractivity contribution in [2.45, 2.75) is 6.18 Å². The summed E-state index contributed by atoms with van der Waals surface area (Å²) in [4.78, 5) is 26.4. The fourth-order valence-electron chi connectivity index (χ4n) is 3.73. The molecule has 0 N–H and O–H groups in total. The third kappa shape index (κ3) is 5.76. The van der Waals surface area contributed by atoms with E-state index in [1.807, 2.05) is 0 Å². The fraction of sp³-hybridized carbons (Fsp3) is 0.348. The van der Waals surface area contributed by atoms with Crippen LogP contribution in [-0.4, -0.2) is 63.2 Å². The predicted molar refractivity (Wildman–Crippen MR) is 122 cm³/mol. The summed E-state index contributed by atoms with van der Waals surface area (Å²) in [7, 11) is 4.47. The standard InChI is InChI=1S/C23H24F3N3O6/c1-33-19-14-21(35-3)20(34-2)12-15(19)4-7-22(30)28-10-8-27(9-11-28)17-6-5-16(23(24,25)26)13-18(17)29(31)32/h4-7,12-14H,8-11H2,1-3H3/b7-4+. The minimum Gasteiger partial charge on any atom is -0.496 e. The van der Waals surface area contributed by atoms with Crippen molar-refractivity contribution in [3.05, 3.63) is 57.6 Å². The van der Waals surface area contributed by atoms with Crippen molar-refractivity contribution in [1.82, 2.24) is 4.90 Å². The minimum atomic E-state index is -4.68. The summed E-state index contributed by atoms with van der Waals surface area (Å²) in [6, 6.07) is 5.76. The first-order chi connectivity index (χ1) is 16.6. The summed E-state index contributed by atoms with van der Waals surface area (Å²) >= 11 is 0. The Kier molecular flexibility index (Phi) is 7.72. The van der Waals surface area contributed by atoms with E-state index in [0.29, 0.717) is 28.9 Å². The fourth-order valence-corrected chi connectivity index (χ4v) is 3.73. The number of ether oxygens (including phenoxy) is 3. The number of halogens is 3. The van der Waals surface area contributed by atoms with E-state index < -0.39 is 22.4 Å². The molecule has 0 spiro atoms. The number of carbonyl (C=O) groups is 1. The van der Waals surface area contributed by atoms with Gasteiger partial charge in [0.25, 0.3) is 5.69 Å². The van der Waals surface area contributed by atoms with Gasteiger partial charge in [0.15, 0.2) is 11.5 Å². The van der Waals surface area contributed by atoms with E-state index in [4.69, 9.17) is 14.2 Å². The highest BCUT2D eigenvalue weighted by atomic mass is 19.4. The van der Waals surface area contributed by atoms with Crippen LogP contribution in [0.5, 0.6) is 17.2 Å². The van der Waals surface area contributed by atoms with Gasteiger partial charge in [0.2, 0.25) is 5.91 Å². The van der Waals surface area contributed by atoms with E-state index >= 15 is 0 Å². The Balaban J connectivity index is 1.71. The van der Waals surface area contributed by atoms with Gasteiger partial charge >= 0.3 is 6.18 Å². The van der Waals surface area contributed by atoms with E-state index in [2.05, 4.69) is 0 Å². The van der Waals surface area contributed by atoms with Gasteiger partial charge in [-0.25, -0.2) is 0 Å². The summed E-state index contributed by atoms with van der Waals surface area (Å²) in [5, 5.41) is 11.4. The summed E-state index contributed by atoms with van der Waals surface area (Å²) in [6.45, 7) is 0.936. The Hall–Kier alpha value is -3.96. The van der Waals surface area contributed by atoms with Crippen LogP contribution in [0.4, 0.5) is 24.5 Å². The maximum atomic E-state index is 13.0. The summed E-state index contributed by atoms with van der Waals surface area (Å²) in [5.41, 5.74) is -1.03. The highest BCUT2D eigenvalue weighted by molar-refractivity contribution is 5.92. The van der Waals surface area contributed by atoms with Crippen LogP contribution >= 0.6 is 0 Å². The van der Waals surface area contributed by atoms with Gasteiger partial charge in [-0.3, -0.25) is 14.9 Å². The zero-order valence-corrected chi connectivity index (χ0v) is 19.3. The molecule has 2 aromatic rings. The largest absolute Gasteiger partial charge is 0.496 e. The molecule has 35 heavy (non-hydrogen) atoms. The molecule has 1 amide bonds. The van der Waals surface area contributed by atoms with Crippen LogP contribution in [-0.2, 0) is 11.0 Å². The average Bonchev–Trinajstić information content (AvgIpc) is 2.85. The lowest BCUT2D eigenvalue weighted by Crippen LogP contribution is -2.48. The molecule has 3 rings (SSSR count). The van der Waals surface area contributed by atoms with Crippen molar-refractivity contribution in [3.8, 4) is 17.2 Å². The second-order valence-electron chi connectivity index (χ2n) is 7.55. The molecule has 0 atom stereocenters. The molecule has 9 nitrogen and oxygen atoms in total. The summed E-state index contributed by atoms with van der Waals surface area (Å²) in [5.74, 6) is 1.13. The van der Waals surface area contributed by atoms with Gasteiger partial charge in [-0.05, 0) is 24.3 Å². The first kappa shape index (κ1) is 25.7. The number of hydrogen-bond acceptors (Lipinski definition) is 7. The lowest BCUT2D eigenvalue weighted by Gasteiger charge is -2.35. The molecule has 2 aromatic carbocycles. The molecule has 12 heteroatoms. The Labute approximate surface area is 199 Å². The zero-order chi connectivity index (χ0) is 25.8. The summed E-state index contributed by atoms with van der Waals surface area (Å²) in [6.07, 6.45) is -1.73. The van der Waals surface area contributed by atoms with Crippen LogP contribution < -0.4 is 19.1 Å². The van der Waals surface area contributed by atoms with Gasteiger partial charge in [0, 0.05) is 50.0 Å². The lowest BCUT2D eigenvalue weighted by atomic mass is 10.1. The number of nitro benzene ring substituents is 1. The van der Waals surface area contributed by atoms with Crippen molar-refractivity contribution in [1.29, 1.82) is 0 Å². The molecule has 0 saturated carbocycles. The molecular weight excluding hydrogens is 471 g/mol. The second-order valence-corrected chi connectivity index (χ2v) is 7.55. The monoisotopic (exact) mass is 495 g/mol. The number of amides is 1. The van der Waals surface area contributed by atoms with E-state index in [-0.39, 0.29) is 37.8 Å². The molecule has 0 bridgehead atoms. The number of nitro groups is 1. The molecule has 0 aromatic heterocycles. The first-order valence-electron chi connectivity index (χ1n) is 10.5. The molecule has 0 radical (unpaired) electrons. The maximum absolute atomic E-state index is 13.0. The normalized spacial score (nSPS) is 14.2. The summed E-state index contributed by atoms with van der Waals surface area (Å²) < 4.78 is 54.7. The minimum absolute atomic E-state index is 0.0840. The van der Waals surface area contributed by atoms with Crippen molar-refractivity contribution < 1.29 is 37.1 Å². The van der Waals surface area contributed by atoms with E-state index in [0.717, 1.165) is 12.1 Å². The number of alkyl halides is 3. The molecule has 0 aliphatic carbocycles. The van der Waals surface area contributed by atoms with Crippen LogP contribution in [0, 0.1) is 10.1 Å². The molecule has 1 heterocycles. The van der Waals surface area contributed by atoms with Crippen LogP contribution in [0.1, 0.15) is 11.1 Å². The Bertz CT molecular complexity index is 1130. The second kappa shape index (κ2) is 10.5. The Morgan fingerprint density at radius 1 is 0.971 bits per heavy atom. The zero-order valence-electron chi connectivity index (χ0n) is 19.3. The van der Waals surface area contributed by atoms with Gasteiger partial charge in [0.05, 0.1) is 31.8 Å². The van der Waals surface area contributed by atoms with Crippen LogP contribution in [0.15, 0.2) is 36.4 Å². The number of anilines is 1. The van der Waals surface area contributed by atoms with E-state index in [1.54, 1.807) is 28.0 Å². The topological polar surface area (TPSA) is 94.4 Å². The third-order valence-corrected chi connectivity index (χ3v) is 5.57. The van der Waals surface area contributed by atoms with E-state index in [9.17, 15) is 28.1 Å². The van der Waals surface area contributed by atoms with Crippen LogP contribution in [0.25, 0.3) is 6.08 Å². The molecule has 1 fully saturated rings. The molecule has 0 unspecified atom stereocenters. The quantitative estimate of drug-likeness (QED) is 0.326. The van der Waals surface area contributed by atoms with Crippen LogP contribution in [0.2, 0.25) is 0 Å². The number of piperazine rings is 1. The number of carbonyl (C=O) groups excluding carboxylic acids is 1. The molecule has 1 aliphatic heterocycles. The predicted octanol–water partition coefficient (Wildman–Crippen LogP) is 4.00. The van der Waals surface area contributed by atoms with Gasteiger partial charge in [-0.15, -0.1) is 0 Å². The highest BCUT2D eigenvalue weighted by Gasteiger charge is 2.34. The van der Waals surface area contributed by atoms with Crippen LogP contribution in [0.3, 0.4) is 0 Å². The van der Waals surface area contributed by atoms with Crippen molar-refractivity contribution in [2.75, 3.05) is 52.4 Å². The molecule has 1 aliphatic rings. The number of rotatable bonds is 7. The third-order valence-electron chi connectivity index (χ3n) is 5.57. The van der Waals surface area contributed by atoms with Gasteiger partial charge in [-0.1, -0.05) is 0 Å². The van der Waals surface area contributed by atoms with Crippen molar-refractivity contribution in [3.63, 3.8) is 0 Å². The van der Waals surface area contributed by atoms with Crippen molar-refractivity contribution in [2.24, 2.45) is 0 Å². The SMILES string of the molecule is COc1cc(OC)c(OC)cc1/C=C/C(=O)N1CCN(c2ccc(C(F)(F)F)cc2[N+](=O)[O-])CC1. The average molecular weight is 495 g/mol. The molecule has 1 saturated heterocycles. The van der Waals surface area contributed by atoms with Gasteiger partial charge in [0.1, 0.15) is 11.4 Å². The van der Waals surface area contributed by atoms with Gasteiger partial charge in [-0.2, -0.15) is 13.2 Å². The highest BCUT2D eigenvalue weighted by Crippen LogP contribution is 2.37. The smallest absolute Gasteiger partial charge is 0.416 e. The molecule has 188 valence electrons. The Morgan fingerprint density at radius 2 is 1.57 bits per heavy atom. The number of hydrogen-bond donors (Lipinski definition) is 0. The van der Waals surface area contributed by atoms with Crippen molar-refractivity contribution >= 4 is 23.4 Å².